The summed E-state index contributed by atoms with van der Waals surface area (Å²) in [5, 5.41) is 3.96. The van der Waals surface area contributed by atoms with E-state index in [-0.39, 0.29) is 0 Å². The van der Waals surface area contributed by atoms with Crippen LogP contribution in [0.4, 0.5) is 5.69 Å². The zero-order valence-corrected chi connectivity index (χ0v) is 9.74. The molecule has 0 aliphatic heterocycles. The van der Waals surface area contributed by atoms with Gasteiger partial charge < -0.3 is 4.84 Å². The predicted octanol–water partition coefficient (Wildman–Crippen LogP) is 1.84. The van der Waals surface area contributed by atoms with Crippen molar-refractivity contribution in [1.82, 2.24) is 19.6 Å². The topological polar surface area (TPSA) is 64.3 Å². The molecule has 0 unspecified atom stereocenters. The van der Waals surface area contributed by atoms with Crippen LogP contribution in [-0.2, 0) is 0 Å². The van der Waals surface area contributed by atoms with Gasteiger partial charge in [-0.15, -0.1) is 0 Å². The summed E-state index contributed by atoms with van der Waals surface area (Å²) in [6, 6.07) is 9.58. The number of hydrogen-bond donors (Lipinski definition) is 1. The van der Waals surface area contributed by atoms with E-state index < -0.39 is 0 Å². The van der Waals surface area contributed by atoms with Gasteiger partial charge in [0.1, 0.15) is 12.7 Å². The molecule has 1 N–H and O–H groups in total. The zero-order valence-electron chi connectivity index (χ0n) is 9.74. The molecular weight excluding hydrogens is 230 g/mol. The van der Waals surface area contributed by atoms with Crippen molar-refractivity contribution in [2.75, 3.05) is 5.48 Å². The quantitative estimate of drug-likeness (QED) is 0.709. The molecule has 18 heavy (non-hydrogen) atoms. The van der Waals surface area contributed by atoms with Crippen molar-refractivity contribution < 1.29 is 4.84 Å². The highest BCUT2D eigenvalue weighted by Gasteiger charge is 2.01. The Kier molecular flexibility index (Phi) is 2.53. The van der Waals surface area contributed by atoms with E-state index in [0.717, 1.165) is 11.3 Å². The van der Waals surface area contributed by atoms with Gasteiger partial charge in [0, 0.05) is 6.07 Å². The summed E-state index contributed by atoms with van der Waals surface area (Å²) < 4.78 is 1.57. The molecule has 0 fully saturated rings. The maximum Gasteiger partial charge on any atom is 0.250 e. The summed E-state index contributed by atoms with van der Waals surface area (Å²) in [5.74, 6) is 0.442. The third-order valence-corrected chi connectivity index (χ3v) is 2.44. The summed E-state index contributed by atoms with van der Waals surface area (Å²) in [4.78, 5) is 13.5. The molecule has 6 heteroatoms. The van der Waals surface area contributed by atoms with E-state index in [4.69, 9.17) is 4.84 Å². The zero-order chi connectivity index (χ0) is 12.4. The lowest BCUT2D eigenvalue weighted by molar-refractivity contribution is 0.388. The first kappa shape index (κ1) is 10.5. The van der Waals surface area contributed by atoms with Crippen LogP contribution in [-0.4, -0.2) is 19.6 Å². The molecule has 0 spiro atoms. The van der Waals surface area contributed by atoms with E-state index in [0.29, 0.717) is 11.5 Å². The van der Waals surface area contributed by atoms with E-state index >= 15 is 0 Å². The Balaban J connectivity index is 1.76. The van der Waals surface area contributed by atoms with Crippen LogP contribution in [0.3, 0.4) is 0 Å². The van der Waals surface area contributed by atoms with Crippen LogP contribution >= 0.6 is 0 Å². The van der Waals surface area contributed by atoms with Crippen LogP contribution in [0.1, 0.15) is 5.56 Å². The van der Waals surface area contributed by atoms with Gasteiger partial charge in [-0.25, -0.2) is 15.0 Å². The summed E-state index contributed by atoms with van der Waals surface area (Å²) in [5.41, 5.74) is 5.56. The number of benzene rings is 1. The van der Waals surface area contributed by atoms with Crippen molar-refractivity contribution in [3.8, 4) is 5.88 Å². The molecule has 3 aromatic rings. The first-order chi connectivity index (χ1) is 8.81. The molecular formula is C12H11N5O. The maximum atomic E-state index is 5.38. The molecule has 90 valence electrons. The fourth-order valence-corrected chi connectivity index (χ4v) is 1.59. The lowest BCUT2D eigenvalue weighted by Gasteiger charge is -2.07. The van der Waals surface area contributed by atoms with Crippen molar-refractivity contribution in [3.63, 3.8) is 0 Å². The largest absolute Gasteiger partial charge is 0.362 e. The van der Waals surface area contributed by atoms with Crippen molar-refractivity contribution in [2.24, 2.45) is 0 Å². The van der Waals surface area contributed by atoms with Gasteiger partial charge in [-0.1, -0.05) is 12.1 Å². The van der Waals surface area contributed by atoms with Crippen molar-refractivity contribution in [2.45, 2.75) is 6.92 Å². The number of fused-ring (bicyclic) bond motifs is 1. The van der Waals surface area contributed by atoms with E-state index in [9.17, 15) is 0 Å². The van der Waals surface area contributed by atoms with Crippen molar-refractivity contribution >= 4 is 11.3 Å². The molecule has 0 saturated carbocycles. The van der Waals surface area contributed by atoms with Crippen LogP contribution in [0, 0.1) is 6.92 Å². The molecule has 2 aromatic heterocycles. The average molecular weight is 241 g/mol. The summed E-state index contributed by atoms with van der Waals surface area (Å²) in [7, 11) is 0. The van der Waals surface area contributed by atoms with Gasteiger partial charge in [0.2, 0.25) is 0 Å². The standard InChI is InChI=1S/C12H11N5O/c1-9-3-2-4-10(5-9)16-18-12-6-11-13-7-15-17(11)8-14-12/h2-8,16H,1H3. The van der Waals surface area contributed by atoms with Crippen molar-refractivity contribution in [1.29, 1.82) is 0 Å². The number of anilines is 1. The Morgan fingerprint density at radius 3 is 3.06 bits per heavy atom. The highest BCUT2D eigenvalue weighted by atomic mass is 16.7. The minimum absolute atomic E-state index is 0.442. The Hall–Kier alpha value is -2.63. The fourth-order valence-electron chi connectivity index (χ4n) is 1.59. The maximum absolute atomic E-state index is 5.38. The molecule has 0 amide bonds. The van der Waals surface area contributed by atoms with Gasteiger partial charge in [0.25, 0.3) is 5.88 Å². The Labute approximate surface area is 103 Å². The number of rotatable bonds is 3. The Morgan fingerprint density at radius 1 is 1.22 bits per heavy atom. The van der Waals surface area contributed by atoms with E-state index in [1.54, 1.807) is 16.9 Å². The number of nitrogens with zero attached hydrogens (tertiary/aromatic N) is 4. The summed E-state index contributed by atoms with van der Waals surface area (Å²) >= 11 is 0. The molecule has 1 aromatic carbocycles. The minimum Gasteiger partial charge on any atom is -0.362 e. The van der Waals surface area contributed by atoms with E-state index in [1.807, 2.05) is 31.2 Å². The van der Waals surface area contributed by atoms with Gasteiger partial charge >= 0.3 is 0 Å². The minimum atomic E-state index is 0.442. The van der Waals surface area contributed by atoms with Gasteiger partial charge in [-0.05, 0) is 24.6 Å². The van der Waals surface area contributed by atoms with Gasteiger partial charge in [0.05, 0.1) is 5.69 Å². The highest BCUT2D eigenvalue weighted by Crippen LogP contribution is 2.12. The lowest BCUT2D eigenvalue weighted by Crippen LogP contribution is -2.06. The third-order valence-electron chi connectivity index (χ3n) is 2.44. The van der Waals surface area contributed by atoms with Crippen LogP contribution in [0.5, 0.6) is 5.88 Å². The number of aromatic nitrogens is 4. The molecule has 6 nitrogen and oxygen atoms in total. The van der Waals surface area contributed by atoms with Crippen LogP contribution in [0.25, 0.3) is 5.65 Å². The summed E-state index contributed by atoms with van der Waals surface area (Å²) in [6.07, 6.45) is 3.02. The highest BCUT2D eigenvalue weighted by molar-refractivity contribution is 5.45. The Morgan fingerprint density at radius 2 is 2.17 bits per heavy atom. The van der Waals surface area contributed by atoms with E-state index in [2.05, 4.69) is 20.5 Å². The number of hydrogen-bond acceptors (Lipinski definition) is 5. The van der Waals surface area contributed by atoms with Gasteiger partial charge in [0.15, 0.2) is 5.65 Å². The lowest BCUT2D eigenvalue weighted by atomic mass is 10.2. The smallest absolute Gasteiger partial charge is 0.250 e. The second-order valence-electron chi connectivity index (χ2n) is 3.86. The first-order valence-electron chi connectivity index (χ1n) is 5.46. The number of nitrogens with one attached hydrogen (secondary N) is 1. The number of aryl methyl sites for hydroxylation is 1. The molecule has 0 radical (unpaired) electrons. The second kappa shape index (κ2) is 4.33. The van der Waals surface area contributed by atoms with E-state index in [1.165, 1.54) is 6.33 Å². The predicted molar refractivity (Wildman–Crippen MR) is 66.2 cm³/mol. The first-order valence-corrected chi connectivity index (χ1v) is 5.46. The molecule has 2 heterocycles. The second-order valence-corrected chi connectivity index (χ2v) is 3.86. The third kappa shape index (κ3) is 2.08. The molecule has 0 aliphatic carbocycles. The monoisotopic (exact) mass is 241 g/mol. The van der Waals surface area contributed by atoms with Crippen molar-refractivity contribution in [3.05, 3.63) is 48.5 Å². The molecule has 0 atom stereocenters. The van der Waals surface area contributed by atoms with Gasteiger partial charge in [-0.3, -0.25) is 0 Å². The Bertz CT molecular complexity index is 679. The molecule has 0 bridgehead atoms. The normalized spacial score (nSPS) is 10.5. The summed E-state index contributed by atoms with van der Waals surface area (Å²) in [6.45, 7) is 2.02. The van der Waals surface area contributed by atoms with Crippen LogP contribution in [0.15, 0.2) is 43.0 Å². The van der Waals surface area contributed by atoms with Gasteiger partial charge in [-0.2, -0.15) is 10.1 Å². The molecule has 0 aliphatic rings. The molecule has 0 saturated heterocycles. The fraction of sp³-hybridized carbons (Fsp3) is 0.0833. The average Bonchev–Trinajstić information content (AvgIpc) is 2.84. The molecule has 3 rings (SSSR count). The SMILES string of the molecule is Cc1cccc(NOc2cc3ncnn3cn2)c1. The van der Waals surface area contributed by atoms with Crippen LogP contribution < -0.4 is 10.3 Å². The van der Waals surface area contributed by atoms with Crippen LogP contribution in [0.2, 0.25) is 0 Å².